The van der Waals surface area contributed by atoms with Gasteiger partial charge in [0.2, 0.25) is 0 Å². The van der Waals surface area contributed by atoms with Crippen LogP contribution in [0.4, 0.5) is 0 Å². The minimum Gasteiger partial charge on any atom is -0.469 e. The van der Waals surface area contributed by atoms with Crippen LogP contribution in [0.15, 0.2) is 11.6 Å². The number of methoxy groups -OCH3 is 1. The number of fused-ring (bicyclic) bond motifs is 7. The number of carbonyl (C=O) groups is 4. The first-order valence-electron chi connectivity index (χ1n) is 14.2. The van der Waals surface area contributed by atoms with Crippen molar-refractivity contribution in [3.63, 3.8) is 0 Å². The van der Waals surface area contributed by atoms with Crippen LogP contribution in [0, 0.1) is 51.2 Å². The molecule has 0 aromatic rings. The summed E-state index contributed by atoms with van der Waals surface area (Å²) in [5, 5.41) is 0. The smallest absolute Gasteiger partial charge is 0.312 e. The Hall–Kier alpha value is -1.98. The first kappa shape index (κ1) is 26.6. The van der Waals surface area contributed by atoms with Gasteiger partial charge in [0, 0.05) is 31.1 Å². The van der Waals surface area contributed by atoms with E-state index in [1.165, 1.54) is 14.0 Å². The summed E-state index contributed by atoms with van der Waals surface area (Å²) in [5.41, 5.74) is -0.124. The number of Topliss-reactive ketones (excluding diaryl/α,β-unsaturated/α-hetero) is 1. The lowest BCUT2D eigenvalue weighted by Crippen LogP contribution is -2.64. The van der Waals surface area contributed by atoms with E-state index in [-0.39, 0.29) is 75.4 Å². The van der Waals surface area contributed by atoms with Crippen LogP contribution >= 0.6 is 0 Å². The van der Waals surface area contributed by atoms with Gasteiger partial charge in [-0.1, -0.05) is 40.2 Å². The van der Waals surface area contributed by atoms with E-state index in [1.54, 1.807) is 0 Å². The predicted molar refractivity (Wildman–Crippen MR) is 138 cm³/mol. The monoisotopic (exact) mass is 512 g/mol. The number of rotatable bonds is 2. The molecule has 4 fully saturated rings. The molecule has 5 aliphatic rings. The number of hydrogen-bond acceptors (Lipinski definition) is 6. The number of allylic oxidation sites excluding steroid dienone is 2. The Labute approximate surface area is 221 Å². The van der Waals surface area contributed by atoms with Crippen LogP contribution in [0.2, 0.25) is 0 Å². The molecule has 9 unspecified atom stereocenters. The number of carbonyl (C=O) groups excluding carboxylic acids is 4. The van der Waals surface area contributed by atoms with Crippen LogP contribution in [0.25, 0.3) is 0 Å². The Bertz CT molecular complexity index is 1070. The second-order valence-electron chi connectivity index (χ2n) is 14.2. The van der Waals surface area contributed by atoms with Crippen molar-refractivity contribution >= 4 is 23.5 Å². The quantitative estimate of drug-likeness (QED) is 0.456. The van der Waals surface area contributed by atoms with Gasteiger partial charge in [0.05, 0.1) is 12.5 Å². The van der Waals surface area contributed by atoms with Crippen molar-refractivity contribution in [2.45, 2.75) is 99.0 Å². The Morgan fingerprint density at radius 1 is 0.946 bits per heavy atom. The molecule has 9 atom stereocenters. The van der Waals surface area contributed by atoms with Gasteiger partial charge in [-0.15, -0.1) is 0 Å². The van der Waals surface area contributed by atoms with Crippen LogP contribution in [0.3, 0.4) is 0 Å². The van der Waals surface area contributed by atoms with Gasteiger partial charge in [0.15, 0.2) is 5.78 Å². The van der Waals surface area contributed by atoms with E-state index < -0.39 is 5.41 Å². The highest BCUT2D eigenvalue weighted by atomic mass is 16.5. The molecule has 0 aliphatic heterocycles. The highest BCUT2D eigenvalue weighted by molar-refractivity contribution is 5.96. The van der Waals surface area contributed by atoms with Crippen molar-refractivity contribution in [1.29, 1.82) is 0 Å². The summed E-state index contributed by atoms with van der Waals surface area (Å²) < 4.78 is 11.4. The second kappa shape index (κ2) is 8.51. The Kier molecular flexibility index (Phi) is 6.12. The van der Waals surface area contributed by atoms with Gasteiger partial charge >= 0.3 is 11.9 Å². The zero-order valence-corrected chi connectivity index (χ0v) is 23.6. The van der Waals surface area contributed by atoms with Crippen LogP contribution in [0.1, 0.15) is 92.9 Å². The Balaban J connectivity index is 1.64. The molecule has 0 heterocycles. The first-order chi connectivity index (χ1) is 17.2. The molecule has 6 nitrogen and oxygen atoms in total. The SMILES string of the molecule is COC(=O)C12CCC3C(C(=O)C=C4C3(C)CC(OC(C)=O)C3C(C)C(=O)CCC43C)C1CC(C)(C)CC2. The number of hydrogen-bond donors (Lipinski definition) is 0. The molecule has 4 saturated carbocycles. The summed E-state index contributed by atoms with van der Waals surface area (Å²) in [6.45, 7) is 12.4. The normalized spacial score (nSPS) is 46.4. The summed E-state index contributed by atoms with van der Waals surface area (Å²) in [6, 6.07) is 0. The van der Waals surface area contributed by atoms with Gasteiger partial charge in [0.25, 0.3) is 0 Å². The average molecular weight is 513 g/mol. The summed E-state index contributed by atoms with van der Waals surface area (Å²) in [4.78, 5) is 52.6. The van der Waals surface area contributed by atoms with Crippen LogP contribution < -0.4 is 0 Å². The third kappa shape index (κ3) is 3.71. The van der Waals surface area contributed by atoms with Crippen molar-refractivity contribution in [3.8, 4) is 0 Å². The minimum atomic E-state index is -0.606. The lowest BCUT2D eigenvalue weighted by Gasteiger charge is -2.65. The van der Waals surface area contributed by atoms with E-state index in [9.17, 15) is 19.2 Å². The second-order valence-corrected chi connectivity index (χ2v) is 14.2. The van der Waals surface area contributed by atoms with E-state index in [1.807, 2.05) is 13.0 Å². The summed E-state index contributed by atoms with van der Waals surface area (Å²) in [5.74, 6) is -0.716. The molecular weight excluding hydrogens is 468 g/mol. The van der Waals surface area contributed by atoms with E-state index in [0.717, 1.165) is 37.7 Å². The molecule has 0 spiro atoms. The Morgan fingerprint density at radius 2 is 1.65 bits per heavy atom. The topological polar surface area (TPSA) is 86.7 Å². The van der Waals surface area contributed by atoms with Crippen LogP contribution in [0.5, 0.6) is 0 Å². The molecule has 0 amide bonds. The molecule has 5 rings (SSSR count). The molecule has 0 bridgehead atoms. The van der Waals surface area contributed by atoms with E-state index >= 15 is 0 Å². The maximum Gasteiger partial charge on any atom is 0.312 e. The van der Waals surface area contributed by atoms with Gasteiger partial charge in [0.1, 0.15) is 11.9 Å². The molecule has 37 heavy (non-hydrogen) atoms. The molecule has 0 N–H and O–H groups in total. The lowest BCUT2D eigenvalue weighted by atomic mass is 9.38. The molecule has 0 aromatic carbocycles. The zero-order chi connectivity index (χ0) is 27.1. The van der Waals surface area contributed by atoms with Gasteiger partial charge in [-0.05, 0) is 79.1 Å². The van der Waals surface area contributed by atoms with Crippen molar-refractivity contribution in [2.24, 2.45) is 51.2 Å². The number of ether oxygens (including phenoxy) is 2. The van der Waals surface area contributed by atoms with Crippen LogP contribution in [-0.2, 0) is 28.7 Å². The Morgan fingerprint density at radius 3 is 2.30 bits per heavy atom. The van der Waals surface area contributed by atoms with Crippen molar-refractivity contribution in [1.82, 2.24) is 0 Å². The standard InChI is InChI=1S/C31H44O6/c1-17-21(33)9-10-29(5)24-14-22(34)25-19(30(24,6)16-23(26(17)29)37-18(2)32)8-11-31(27(35)36-7)13-12-28(3,4)15-20(25)31/h14,17,19-20,23,25-26H,8-13,15-16H2,1-7H3. The molecule has 0 saturated heterocycles. The lowest BCUT2D eigenvalue weighted by molar-refractivity contribution is -0.186. The molecule has 204 valence electrons. The summed E-state index contributed by atoms with van der Waals surface area (Å²) >= 11 is 0. The predicted octanol–water partition coefficient (Wildman–Crippen LogP) is 5.47. The van der Waals surface area contributed by atoms with Gasteiger partial charge < -0.3 is 9.47 Å². The highest BCUT2D eigenvalue weighted by Crippen LogP contribution is 2.70. The maximum atomic E-state index is 14.2. The maximum absolute atomic E-state index is 14.2. The van der Waals surface area contributed by atoms with Crippen molar-refractivity contribution in [3.05, 3.63) is 11.6 Å². The van der Waals surface area contributed by atoms with Crippen molar-refractivity contribution < 1.29 is 28.7 Å². The van der Waals surface area contributed by atoms with E-state index in [2.05, 4.69) is 27.7 Å². The van der Waals surface area contributed by atoms with Gasteiger partial charge in [-0.3, -0.25) is 19.2 Å². The molecule has 5 aliphatic carbocycles. The fourth-order valence-electron chi connectivity index (χ4n) is 10.1. The average Bonchev–Trinajstić information content (AvgIpc) is 2.81. The summed E-state index contributed by atoms with van der Waals surface area (Å²) in [6.07, 6.45) is 7.36. The number of ketones is 2. The fraction of sp³-hybridized carbons (Fsp3) is 0.806. The zero-order valence-electron chi connectivity index (χ0n) is 23.6. The molecular formula is C31H44O6. The van der Waals surface area contributed by atoms with Gasteiger partial charge in [-0.2, -0.15) is 0 Å². The largest absolute Gasteiger partial charge is 0.469 e. The molecule has 6 heteroatoms. The number of esters is 2. The van der Waals surface area contributed by atoms with E-state index in [0.29, 0.717) is 19.3 Å². The van der Waals surface area contributed by atoms with E-state index in [4.69, 9.17) is 9.47 Å². The highest BCUT2D eigenvalue weighted by Gasteiger charge is 2.68. The minimum absolute atomic E-state index is 0.0539. The first-order valence-corrected chi connectivity index (χ1v) is 14.2. The summed E-state index contributed by atoms with van der Waals surface area (Å²) in [7, 11) is 1.47. The van der Waals surface area contributed by atoms with Gasteiger partial charge in [-0.25, -0.2) is 0 Å². The third-order valence-electron chi connectivity index (χ3n) is 11.8. The third-order valence-corrected chi connectivity index (χ3v) is 11.8. The van der Waals surface area contributed by atoms with Crippen LogP contribution in [-0.4, -0.2) is 36.7 Å². The van der Waals surface area contributed by atoms with Crippen molar-refractivity contribution in [2.75, 3.05) is 7.11 Å². The fourth-order valence-corrected chi connectivity index (χ4v) is 10.1. The molecule has 0 radical (unpaired) electrons. The molecule has 0 aromatic heterocycles.